The van der Waals surface area contributed by atoms with Crippen LogP contribution in [0.3, 0.4) is 0 Å². The molecule has 0 fully saturated rings. The standard InChI is InChI=1S/C32H31N3O4/c1-21(36)34-27-10-12-28(13-11-27)39-20-26-16-23(8-14-31(26)38-2)19-35(18-22-7-9-24-17-25(24)15-22)32(37)29-5-3-4-6-30(29)33/h3-17,24H,18-20,33H2,1-2H3,(H,34,36). The van der Waals surface area contributed by atoms with E-state index >= 15 is 0 Å². The molecule has 3 aromatic carbocycles. The van der Waals surface area contributed by atoms with E-state index < -0.39 is 0 Å². The Balaban J connectivity index is 1.35. The van der Waals surface area contributed by atoms with Crippen molar-refractivity contribution in [3.05, 3.63) is 119 Å². The number of anilines is 2. The highest BCUT2D eigenvalue weighted by Gasteiger charge is 2.25. The predicted octanol–water partition coefficient (Wildman–Crippen LogP) is 5.51. The van der Waals surface area contributed by atoms with E-state index in [-0.39, 0.29) is 18.4 Å². The molecular weight excluding hydrogens is 490 g/mol. The Morgan fingerprint density at radius 2 is 1.82 bits per heavy atom. The summed E-state index contributed by atoms with van der Waals surface area (Å²) in [6.45, 7) is 2.60. The third kappa shape index (κ3) is 6.38. The number of ether oxygens (including phenoxy) is 2. The van der Waals surface area contributed by atoms with Crippen LogP contribution in [0.25, 0.3) is 0 Å². The van der Waals surface area contributed by atoms with Crippen molar-refractivity contribution in [2.24, 2.45) is 5.92 Å². The smallest absolute Gasteiger partial charge is 0.256 e. The summed E-state index contributed by atoms with van der Waals surface area (Å²) in [7, 11) is 1.62. The number of nitrogens with two attached hydrogens (primary N) is 1. The van der Waals surface area contributed by atoms with Gasteiger partial charge in [-0.1, -0.05) is 42.5 Å². The van der Waals surface area contributed by atoms with Gasteiger partial charge in [-0.25, -0.2) is 0 Å². The van der Waals surface area contributed by atoms with Crippen LogP contribution in [0.2, 0.25) is 0 Å². The van der Waals surface area contributed by atoms with Gasteiger partial charge in [0, 0.05) is 42.9 Å². The second-order valence-electron chi connectivity index (χ2n) is 9.66. The number of carbonyl (C=O) groups is 2. The molecule has 0 heterocycles. The van der Waals surface area contributed by atoms with Crippen molar-refractivity contribution in [3.63, 3.8) is 0 Å². The van der Waals surface area contributed by atoms with E-state index in [1.807, 2.05) is 35.2 Å². The Morgan fingerprint density at radius 1 is 1.03 bits per heavy atom. The zero-order valence-electron chi connectivity index (χ0n) is 22.0. The van der Waals surface area contributed by atoms with E-state index in [4.69, 9.17) is 15.2 Å². The molecule has 0 aromatic heterocycles. The van der Waals surface area contributed by atoms with Gasteiger partial charge in [-0.3, -0.25) is 9.59 Å². The molecular formula is C32H31N3O4. The second kappa shape index (κ2) is 11.3. The van der Waals surface area contributed by atoms with Gasteiger partial charge in [-0.05, 0) is 65.2 Å². The van der Waals surface area contributed by atoms with Gasteiger partial charge < -0.3 is 25.4 Å². The largest absolute Gasteiger partial charge is 0.496 e. The van der Waals surface area contributed by atoms with Crippen LogP contribution in [0.15, 0.2) is 102 Å². The Bertz CT molecular complexity index is 1490. The highest BCUT2D eigenvalue weighted by molar-refractivity contribution is 5.99. The van der Waals surface area contributed by atoms with E-state index in [9.17, 15) is 9.59 Å². The molecule has 5 rings (SSSR count). The third-order valence-electron chi connectivity index (χ3n) is 6.66. The maximum Gasteiger partial charge on any atom is 0.256 e. The lowest BCUT2D eigenvalue weighted by molar-refractivity contribution is -0.114. The lowest BCUT2D eigenvalue weighted by Gasteiger charge is -2.25. The molecule has 0 saturated heterocycles. The zero-order chi connectivity index (χ0) is 27.4. The number of hydrogen-bond donors (Lipinski definition) is 2. The lowest BCUT2D eigenvalue weighted by Crippen LogP contribution is -2.33. The van der Waals surface area contributed by atoms with Crippen molar-refractivity contribution in [1.29, 1.82) is 0 Å². The van der Waals surface area contributed by atoms with Crippen molar-refractivity contribution >= 4 is 23.2 Å². The van der Waals surface area contributed by atoms with Crippen molar-refractivity contribution in [2.45, 2.75) is 20.1 Å². The van der Waals surface area contributed by atoms with Gasteiger partial charge in [0.05, 0.1) is 12.7 Å². The molecule has 2 aliphatic carbocycles. The van der Waals surface area contributed by atoms with Gasteiger partial charge in [0.25, 0.3) is 5.91 Å². The number of nitrogen functional groups attached to an aromatic ring is 1. The van der Waals surface area contributed by atoms with Gasteiger partial charge in [0.2, 0.25) is 5.91 Å². The summed E-state index contributed by atoms with van der Waals surface area (Å²) in [5.74, 6) is 1.56. The molecule has 7 nitrogen and oxygen atoms in total. The molecule has 0 bridgehead atoms. The molecule has 39 heavy (non-hydrogen) atoms. The summed E-state index contributed by atoms with van der Waals surface area (Å²) in [5, 5.41) is 2.74. The molecule has 0 spiro atoms. The zero-order valence-corrected chi connectivity index (χ0v) is 22.0. The summed E-state index contributed by atoms with van der Waals surface area (Å²) < 4.78 is 11.6. The SMILES string of the molecule is COc1ccc(CN(CC2=CC3=CC3C=C2)C(=O)c2ccccc2N)cc1COc1ccc(NC(C)=O)cc1. The summed E-state index contributed by atoms with van der Waals surface area (Å²) >= 11 is 0. The van der Waals surface area contributed by atoms with E-state index in [1.54, 1.807) is 43.5 Å². The Hall–Kier alpha value is -4.78. The van der Waals surface area contributed by atoms with Crippen LogP contribution in [-0.4, -0.2) is 30.4 Å². The highest BCUT2D eigenvalue weighted by Crippen LogP contribution is 2.36. The first-order valence-electron chi connectivity index (χ1n) is 12.8. The van der Waals surface area contributed by atoms with Crippen molar-refractivity contribution in [2.75, 3.05) is 24.7 Å². The predicted molar refractivity (Wildman–Crippen MR) is 152 cm³/mol. The summed E-state index contributed by atoms with van der Waals surface area (Å²) in [6, 6.07) is 20.2. The first-order chi connectivity index (χ1) is 18.9. The quantitative estimate of drug-likeness (QED) is 0.343. The molecule has 3 aromatic rings. The summed E-state index contributed by atoms with van der Waals surface area (Å²) in [4.78, 5) is 26.7. The first-order valence-corrected chi connectivity index (χ1v) is 12.8. The number of hydrogen-bond acceptors (Lipinski definition) is 5. The first kappa shape index (κ1) is 25.9. The number of rotatable bonds is 10. The van der Waals surface area contributed by atoms with Crippen LogP contribution in [0.4, 0.5) is 11.4 Å². The van der Waals surface area contributed by atoms with Crippen LogP contribution in [0, 0.1) is 5.92 Å². The van der Waals surface area contributed by atoms with Gasteiger partial charge in [0.15, 0.2) is 0 Å². The van der Waals surface area contributed by atoms with Crippen molar-refractivity contribution < 1.29 is 19.1 Å². The monoisotopic (exact) mass is 521 g/mol. The molecule has 2 aliphatic rings. The van der Waals surface area contributed by atoms with Crippen LogP contribution in [0.1, 0.15) is 28.4 Å². The molecule has 0 radical (unpaired) electrons. The second-order valence-corrected chi connectivity index (χ2v) is 9.66. The molecule has 7 heteroatoms. The van der Waals surface area contributed by atoms with E-state index in [1.165, 1.54) is 12.5 Å². The van der Waals surface area contributed by atoms with Gasteiger partial charge in [-0.2, -0.15) is 0 Å². The number of nitrogens with zero attached hydrogens (tertiary/aromatic N) is 1. The summed E-state index contributed by atoms with van der Waals surface area (Å²) in [6.07, 6.45) is 8.62. The minimum atomic E-state index is -0.127. The number of amides is 2. The topological polar surface area (TPSA) is 93.9 Å². The molecule has 0 saturated carbocycles. The van der Waals surface area contributed by atoms with Crippen molar-refractivity contribution in [3.8, 4) is 11.5 Å². The number of methoxy groups -OCH3 is 1. The van der Waals surface area contributed by atoms with Gasteiger partial charge in [0.1, 0.15) is 18.1 Å². The minimum Gasteiger partial charge on any atom is -0.496 e. The number of benzene rings is 3. The Kier molecular flexibility index (Phi) is 7.50. The minimum absolute atomic E-state index is 0.123. The Labute approximate surface area is 228 Å². The molecule has 1 atom stereocenters. The number of nitrogens with one attached hydrogen (secondary N) is 1. The van der Waals surface area contributed by atoms with E-state index in [2.05, 4.69) is 29.6 Å². The molecule has 3 N–H and O–H groups in total. The fourth-order valence-corrected chi connectivity index (χ4v) is 4.60. The number of para-hydroxylation sites is 1. The third-order valence-corrected chi connectivity index (χ3v) is 6.66. The number of allylic oxidation sites excluding steroid dienone is 4. The Morgan fingerprint density at radius 3 is 2.54 bits per heavy atom. The van der Waals surface area contributed by atoms with E-state index in [0.29, 0.717) is 47.4 Å². The number of carbonyl (C=O) groups excluding carboxylic acids is 2. The normalized spacial score (nSPS) is 15.0. The van der Waals surface area contributed by atoms with Crippen LogP contribution in [-0.2, 0) is 17.9 Å². The maximum atomic E-state index is 13.7. The van der Waals surface area contributed by atoms with Crippen LogP contribution < -0.4 is 20.5 Å². The molecule has 1 unspecified atom stereocenters. The van der Waals surface area contributed by atoms with Gasteiger partial charge in [-0.15, -0.1) is 0 Å². The average Bonchev–Trinajstić information content (AvgIpc) is 3.71. The number of fused-ring (bicyclic) bond motifs is 1. The summed E-state index contributed by atoms with van der Waals surface area (Å²) in [5.41, 5.74) is 12.0. The molecule has 198 valence electrons. The molecule has 2 amide bonds. The average molecular weight is 522 g/mol. The van der Waals surface area contributed by atoms with Crippen molar-refractivity contribution in [1.82, 2.24) is 4.90 Å². The highest BCUT2D eigenvalue weighted by atomic mass is 16.5. The van der Waals surface area contributed by atoms with Crippen LogP contribution >= 0.6 is 0 Å². The van der Waals surface area contributed by atoms with E-state index in [0.717, 1.165) is 16.7 Å². The lowest BCUT2D eigenvalue weighted by atomic mass is 10.0. The fraction of sp³-hybridized carbons (Fsp3) is 0.188. The fourth-order valence-electron chi connectivity index (χ4n) is 4.60. The maximum absolute atomic E-state index is 13.7. The molecule has 0 aliphatic heterocycles. The van der Waals surface area contributed by atoms with Gasteiger partial charge >= 0.3 is 0 Å². The van der Waals surface area contributed by atoms with Crippen LogP contribution in [0.5, 0.6) is 11.5 Å².